The number of allylic oxidation sites excluding steroid dienone is 1. The number of carbonyl (C=O) groups is 2. The van der Waals surface area contributed by atoms with Gasteiger partial charge in [0.15, 0.2) is 6.23 Å². The van der Waals surface area contributed by atoms with Gasteiger partial charge in [0.2, 0.25) is 5.91 Å². The lowest BCUT2D eigenvalue weighted by Gasteiger charge is -2.45. The van der Waals surface area contributed by atoms with Crippen molar-refractivity contribution in [3.63, 3.8) is 0 Å². The van der Waals surface area contributed by atoms with Crippen LogP contribution in [0.3, 0.4) is 0 Å². The lowest BCUT2D eigenvalue weighted by Crippen LogP contribution is -2.57. The number of rotatable bonds is 6. The van der Waals surface area contributed by atoms with Crippen molar-refractivity contribution in [2.45, 2.75) is 33.0 Å². The lowest BCUT2D eigenvalue weighted by molar-refractivity contribution is -0.140. The van der Waals surface area contributed by atoms with E-state index in [1.807, 2.05) is 61.5 Å². The summed E-state index contributed by atoms with van der Waals surface area (Å²) in [4.78, 5) is 29.4. The summed E-state index contributed by atoms with van der Waals surface area (Å²) in [5.74, 6) is 0.530. The van der Waals surface area contributed by atoms with Gasteiger partial charge in [-0.25, -0.2) is 4.79 Å². The van der Waals surface area contributed by atoms with Gasteiger partial charge in [0.05, 0.1) is 11.4 Å². The van der Waals surface area contributed by atoms with Gasteiger partial charge in [-0.15, -0.1) is 0 Å². The molecule has 0 saturated carbocycles. The number of fused-ring (bicyclic) bond motifs is 2. The first-order valence-corrected chi connectivity index (χ1v) is 10.4. The van der Waals surface area contributed by atoms with Crippen molar-refractivity contribution in [2.24, 2.45) is 0 Å². The normalized spacial score (nSPS) is 19.5. The summed E-state index contributed by atoms with van der Waals surface area (Å²) in [5.41, 5.74) is 2.03. The number of para-hydroxylation sites is 3. The predicted octanol–water partition coefficient (Wildman–Crippen LogP) is 3.50. The van der Waals surface area contributed by atoms with Crippen LogP contribution in [0.4, 0.5) is 11.4 Å². The molecule has 0 spiro atoms. The first-order chi connectivity index (χ1) is 15.0. The number of anilines is 2. The molecule has 2 aromatic rings. The second kappa shape index (κ2) is 8.71. The van der Waals surface area contributed by atoms with Crippen LogP contribution in [0.1, 0.15) is 20.8 Å². The van der Waals surface area contributed by atoms with E-state index in [0.717, 1.165) is 11.4 Å². The van der Waals surface area contributed by atoms with E-state index in [0.29, 0.717) is 23.6 Å². The maximum Gasteiger partial charge on any atom is 0.339 e. The van der Waals surface area contributed by atoms with Crippen molar-refractivity contribution in [3.8, 4) is 5.75 Å². The molecule has 7 heteroatoms. The number of amides is 1. The smallest absolute Gasteiger partial charge is 0.339 e. The van der Waals surface area contributed by atoms with Crippen molar-refractivity contribution in [1.29, 1.82) is 0 Å². The van der Waals surface area contributed by atoms with Crippen LogP contribution < -0.4 is 14.5 Å². The van der Waals surface area contributed by atoms with Crippen LogP contribution in [0.2, 0.25) is 0 Å². The summed E-state index contributed by atoms with van der Waals surface area (Å²) in [5, 5.41) is 0. The number of carbonyl (C=O) groups excluding carboxylic acids is 2. The third-order valence-corrected chi connectivity index (χ3v) is 5.51. The third kappa shape index (κ3) is 3.83. The molecule has 2 heterocycles. The molecule has 0 bridgehead atoms. The number of hydrogen-bond acceptors (Lipinski definition) is 6. The topological polar surface area (TPSA) is 68.3 Å². The highest BCUT2D eigenvalue weighted by Gasteiger charge is 2.51. The molecule has 2 unspecified atom stereocenters. The molecule has 7 nitrogen and oxygen atoms in total. The van der Waals surface area contributed by atoms with Gasteiger partial charge in [0.1, 0.15) is 36.3 Å². The Balaban J connectivity index is 1.54. The maximum absolute atomic E-state index is 13.0. The molecular weight excluding hydrogens is 396 g/mol. The van der Waals surface area contributed by atoms with Gasteiger partial charge in [0, 0.05) is 13.5 Å². The zero-order valence-electron chi connectivity index (χ0n) is 17.9. The Labute approximate surface area is 181 Å². The first-order valence-electron chi connectivity index (χ1n) is 10.4. The molecule has 0 aromatic heterocycles. The Kier molecular flexibility index (Phi) is 5.84. The molecule has 31 heavy (non-hydrogen) atoms. The SMILES string of the molecule is CCN1c2ccccc2N(C(C)=O)C2C(C(=O)OCCOc3ccccc3)=C(C)OC21. The highest BCUT2D eigenvalue weighted by atomic mass is 16.6. The van der Waals surface area contributed by atoms with Crippen molar-refractivity contribution in [2.75, 3.05) is 29.6 Å². The van der Waals surface area contributed by atoms with Gasteiger partial charge in [0.25, 0.3) is 0 Å². The summed E-state index contributed by atoms with van der Waals surface area (Å²) in [7, 11) is 0. The summed E-state index contributed by atoms with van der Waals surface area (Å²) in [6.07, 6.45) is -0.480. The standard InChI is InChI=1S/C24H26N2O5/c1-4-25-19-12-8-9-13-20(19)26(17(3)27)22-21(16(2)31-23(22)25)24(28)30-15-14-29-18-10-6-5-7-11-18/h5-13,22-23H,4,14-15H2,1-3H3. The van der Waals surface area contributed by atoms with Crippen molar-refractivity contribution in [3.05, 3.63) is 65.9 Å². The number of esters is 1. The number of ether oxygens (including phenoxy) is 3. The van der Waals surface area contributed by atoms with E-state index in [1.165, 1.54) is 6.92 Å². The van der Waals surface area contributed by atoms with Crippen LogP contribution in [-0.2, 0) is 19.1 Å². The predicted molar refractivity (Wildman–Crippen MR) is 117 cm³/mol. The van der Waals surface area contributed by atoms with Crippen molar-refractivity contribution >= 4 is 23.3 Å². The van der Waals surface area contributed by atoms with Gasteiger partial charge < -0.3 is 19.1 Å². The van der Waals surface area contributed by atoms with Crippen molar-refractivity contribution in [1.82, 2.24) is 0 Å². The van der Waals surface area contributed by atoms with Crippen molar-refractivity contribution < 1.29 is 23.8 Å². The zero-order valence-corrected chi connectivity index (χ0v) is 17.9. The monoisotopic (exact) mass is 422 g/mol. The molecule has 2 aliphatic heterocycles. The second-order valence-corrected chi connectivity index (χ2v) is 7.38. The lowest BCUT2D eigenvalue weighted by atomic mass is 9.98. The Morgan fingerprint density at radius 1 is 1.00 bits per heavy atom. The van der Waals surface area contributed by atoms with E-state index >= 15 is 0 Å². The molecule has 2 atom stereocenters. The van der Waals surface area contributed by atoms with Crippen LogP contribution in [0.25, 0.3) is 0 Å². The van der Waals surface area contributed by atoms with E-state index < -0.39 is 18.2 Å². The summed E-state index contributed by atoms with van der Waals surface area (Å²) >= 11 is 0. The van der Waals surface area contributed by atoms with Gasteiger partial charge in [-0.3, -0.25) is 9.69 Å². The van der Waals surface area contributed by atoms with Gasteiger partial charge in [-0.2, -0.15) is 0 Å². The first kappa shape index (κ1) is 20.8. The Hall–Kier alpha value is -3.48. The summed E-state index contributed by atoms with van der Waals surface area (Å²) in [6.45, 7) is 6.26. The molecular formula is C24H26N2O5. The van der Waals surface area contributed by atoms with E-state index in [1.54, 1.807) is 11.8 Å². The van der Waals surface area contributed by atoms with Crippen LogP contribution in [-0.4, -0.2) is 43.9 Å². The number of nitrogens with zero attached hydrogens (tertiary/aromatic N) is 2. The van der Waals surface area contributed by atoms with Gasteiger partial charge >= 0.3 is 5.97 Å². The average Bonchev–Trinajstić information content (AvgIpc) is 3.11. The minimum absolute atomic E-state index is 0.0933. The maximum atomic E-state index is 13.0. The quantitative estimate of drug-likeness (QED) is 0.524. The minimum Gasteiger partial charge on any atom is -0.490 e. The van der Waals surface area contributed by atoms with E-state index in [-0.39, 0.29) is 19.1 Å². The minimum atomic E-state index is -0.574. The number of likely N-dealkylation sites (N-methyl/N-ethyl adjacent to an activating group) is 1. The molecule has 162 valence electrons. The van der Waals surface area contributed by atoms with E-state index in [4.69, 9.17) is 14.2 Å². The molecule has 0 saturated heterocycles. The van der Waals surface area contributed by atoms with Crippen LogP contribution in [0, 0.1) is 0 Å². The molecule has 4 rings (SSSR count). The zero-order chi connectivity index (χ0) is 22.0. The number of hydrogen-bond donors (Lipinski definition) is 0. The molecule has 0 N–H and O–H groups in total. The molecule has 0 radical (unpaired) electrons. The Morgan fingerprint density at radius 2 is 1.68 bits per heavy atom. The molecule has 2 aromatic carbocycles. The fourth-order valence-electron chi connectivity index (χ4n) is 4.22. The van der Waals surface area contributed by atoms with Crippen LogP contribution >= 0.6 is 0 Å². The highest BCUT2D eigenvalue weighted by molar-refractivity contribution is 6.02. The van der Waals surface area contributed by atoms with Gasteiger partial charge in [-0.1, -0.05) is 30.3 Å². The van der Waals surface area contributed by atoms with E-state index in [2.05, 4.69) is 4.90 Å². The number of benzene rings is 2. The summed E-state index contributed by atoms with van der Waals surface area (Å²) < 4.78 is 17.2. The highest BCUT2D eigenvalue weighted by Crippen LogP contribution is 2.45. The molecule has 2 aliphatic rings. The average molecular weight is 422 g/mol. The van der Waals surface area contributed by atoms with E-state index in [9.17, 15) is 9.59 Å². The van der Waals surface area contributed by atoms with Crippen LogP contribution in [0.5, 0.6) is 5.75 Å². The fraction of sp³-hybridized carbons (Fsp3) is 0.333. The molecule has 0 aliphatic carbocycles. The third-order valence-electron chi connectivity index (χ3n) is 5.51. The van der Waals surface area contributed by atoms with Gasteiger partial charge in [-0.05, 0) is 38.1 Å². The summed E-state index contributed by atoms with van der Waals surface area (Å²) in [6, 6.07) is 16.4. The Bertz CT molecular complexity index is 1000. The largest absolute Gasteiger partial charge is 0.490 e. The fourth-order valence-corrected chi connectivity index (χ4v) is 4.22. The molecule has 0 fully saturated rings. The Morgan fingerprint density at radius 3 is 2.35 bits per heavy atom. The molecule has 1 amide bonds. The van der Waals surface area contributed by atoms with Crippen LogP contribution in [0.15, 0.2) is 65.9 Å². The second-order valence-electron chi connectivity index (χ2n) is 7.38.